The summed E-state index contributed by atoms with van der Waals surface area (Å²) >= 11 is 0. The summed E-state index contributed by atoms with van der Waals surface area (Å²) in [4.78, 5) is 13.3. The number of aliphatic hydroxyl groups is 7. The number of carbonyl (C=O) groups is 1. The third kappa shape index (κ3) is 3.62. The van der Waals surface area contributed by atoms with Crippen molar-refractivity contribution in [3.8, 4) is 0 Å². The lowest BCUT2D eigenvalue weighted by Crippen LogP contribution is -2.69. The van der Waals surface area contributed by atoms with E-state index in [0.717, 1.165) is 0 Å². The van der Waals surface area contributed by atoms with E-state index in [1.807, 2.05) is 13.8 Å². The standard InChI is InChI=1S/C27H44O8/c1-15(14-28)5-6-21(31)25(4,33)20-8-10-26(34)17-11-22(32)27(35)13-19(30)18(29)12-24(27,3)16(17)7-9-23(20,26)2/h11,15-16,18-21,28-31,33-35H,5-10,12-14H2,1-4H3. The summed E-state index contributed by atoms with van der Waals surface area (Å²) < 4.78 is 0. The van der Waals surface area contributed by atoms with Crippen molar-refractivity contribution in [1.29, 1.82) is 0 Å². The van der Waals surface area contributed by atoms with E-state index in [1.54, 1.807) is 13.8 Å². The van der Waals surface area contributed by atoms with E-state index in [4.69, 9.17) is 0 Å². The molecule has 4 rings (SSSR count). The van der Waals surface area contributed by atoms with Gasteiger partial charge >= 0.3 is 0 Å². The fourth-order valence-electron chi connectivity index (χ4n) is 8.35. The first-order valence-corrected chi connectivity index (χ1v) is 13.2. The van der Waals surface area contributed by atoms with Gasteiger partial charge in [0.1, 0.15) is 5.60 Å². The first kappa shape index (κ1) is 27.2. The largest absolute Gasteiger partial charge is 0.396 e. The third-order valence-corrected chi connectivity index (χ3v) is 10.9. The molecule has 3 saturated carbocycles. The predicted octanol–water partition coefficient (Wildman–Crippen LogP) is 0.826. The summed E-state index contributed by atoms with van der Waals surface area (Å²) in [5, 5.41) is 76.2. The van der Waals surface area contributed by atoms with Crippen molar-refractivity contribution in [2.45, 2.75) is 114 Å². The van der Waals surface area contributed by atoms with Crippen LogP contribution in [0.4, 0.5) is 0 Å². The Morgan fingerprint density at radius 1 is 1.03 bits per heavy atom. The van der Waals surface area contributed by atoms with Crippen molar-refractivity contribution in [1.82, 2.24) is 0 Å². The molecule has 35 heavy (non-hydrogen) atoms. The molecule has 8 nitrogen and oxygen atoms in total. The monoisotopic (exact) mass is 496 g/mol. The molecule has 0 aromatic heterocycles. The highest BCUT2D eigenvalue weighted by atomic mass is 16.3. The van der Waals surface area contributed by atoms with Crippen LogP contribution >= 0.6 is 0 Å². The number of aliphatic hydroxyl groups excluding tert-OH is 4. The second-order valence-corrected chi connectivity index (χ2v) is 12.9. The zero-order valence-electron chi connectivity index (χ0n) is 21.4. The van der Waals surface area contributed by atoms with Crippen molar-refractivity contribution in [2.24, 2.45) is 28.6 Å². The molecule has 4 aliphatic carbocycles. The molecular weight excluding hydrogens is 452 g/mol. The van der Waals surface area contributed by atoms with Crippen LogP contribution in [0.25, 0.3) is 0 Å². The maximum Gasteiger partial charge on any atom is 0.187 e. The van der Waals surface area contributed by atoms with Gasteiger partial charge in [0.2, 0.25) is 0 Å². The number of rotatable bonds is 6. The number of fused-ring (bicyclic) bond motifs is 5. The lowest BCUT2D eigenvalue weighted by molar-refractivity contribution is -0.211. The first-order valence-electron chi connectivity index (χ1n) is 13.2. The molecular formula is C27H44O8. The second kappa shape index (κ2) is 8.58. The summed E-state index contributed by atoms with van der Waals surface area (Å²) in [7, 11) is 0. The Morgan fingerprint density at radius 2 is 1.66 bits per heavy atom. The van der Waals surface area contributed by atoms with Crippen molar-refractivity contribution < 1.29 is 40.5 Å². The second-order valence-electron chi connectivity index (χ2n) is 12.9. The Kier molecular flexibility index (Phi) is 6.66. The zero-order valence-corrected chi connectivity index (χ0v) is 21.4. The highest BCUT2D eigenvalue weighted by Crippen LogP contribution is 2.69. The Morgan fingerprint density at radius 3 is 2.29 bits per heavy atom. The fraction of sp³-hybridized carbons (Fsp3) is 0.889. The van der Waals surface area contributed by atoms with Crippen molar-refractivity contribution in [3.05, 3.63) is 11.6 Å². The van der Waals surface area contributed by atoms with Crippen LogP contribution in [0, 0.1) is 28.6 Å². The van der Waals surface area contributed by atoms with Gasteiger partial charge in [-0.1, -0.05) is 20.8 Å². The highest BCUT2D eigenvalue weighted by Gasteiger charge is 2.71. The first-order chi connectivity index (χ1) is 16.1. The maximum absolute atomic E-state index is 13.3. The van der Waals surface area contributed by atoms with Crippen LogP contribution in [0.3, 0.4) is 0 Å². The van der Waals surface area contributed by atoms with Gasteiger partial charge in [-0.3, -0.25) is 4.79 Å². The molecule has 8 heteroatoms. The summed E-state index contributed by atoms with van der Waals surface area (Å²) in [6, 6.07) is 0. The molecule has 0 aliphatic heterocycles. The van der Waals surface area contributed by atoms with Crippen molar-refractivity contribution in [3.63, 3.8) is 0 Å². The molecule has 0 aromatic carbocycles. The summed E-state index contributed by atoms with van der Waals surface area (Å²) in [5.41, 5.74) is -5.98. The molecule has 0 saturated heterocycles. The Bertz CT molecular complexity index is 886. The zero-order chi connectivity index (χ0) is 26.2. The summed E-state index contributed by atoms with van der Waals surface area (Å²) in [6.07, 6.45) is 0.630. The van der Waals surface area contributed by atoms with E-state index in [2.05, 4.69) is 0 Å². The van der Waals surface area contributed by atoms with Gasteiger partial charge in [-0.25, -0.2) is 0 Å². The Balaban J connectivity index is 1.68. The third-order valence-electron chi connectivity index (χ3n) is 10.9. The van der Waals surface area contributed by atoms with E-state index in [-0.39, 0.29) is 31.3 Å². The van der Waals surface area contributed by atoms with E-state index in [9.17, 15) is 40.5 Å². The van der Waals surface area contributed by atoms with Crippen LogP contribution < -0.4 is 0 Å². The lowest BCUT2D eigenvalue weighted by Gasteiger charge is -2.62. The molecule has 7 N–H and O–H groups in total. The number of carbonyl (C=O) groups excluding carboxylic acids is 1. The maximum atomic E-state index is 13.3. The number of hydrogen-bond acceptors (Lipinski definition) is 8. The highest BCUT2D eigenvalue weighted by molar-refractivity contribution is 6.00. The Hall–Kier alpha value is -0.870. The van der Waals surface area contributed by atoms with Gasteiger partial charge in [0.15, 0.2) is 5.78 Å². The van der Waals surface area contributed by atoms with Crippen molar-refractivity contribution >= 4 is 5.78 Å². The fourth-order valence-corrected chi connectivity index (χ4v) is 8.35. The van der Waals surface area contributed by atoms with Crippen LogP contribution in [-0.2, 0) is 4.79 Å². The molecule has 11 unspecified atom stereocenters. The van der Waals surface area contributed by atoms with Gasteiger partial charge in [0.25, 0.3) is 0 Å². The molecule has 0 radical (unpaired) electrons. The van der Waals surface area contributed by atoms with Gasteiger partial charge in [0.05, 0.1) is 29.5 Å². The minimum absolute atomic E-state index is 0.00856. The number of hydrogen-bond donors (Lipinski definition) is 7. The molecule has 0 aromatic rings. The Labute approximate surface area is 207 Å². The van der Waals surface area contributed by atoms with Gasteiger partial charge in [-0.2, -0.15) is 0 Å². The smallest absolute Gasteiger partial charge is 0.187 e. The van der Waals surface area contributed by atoms with Gasteiger partial charge < -0.3 is 35.7 Å². The molecule has 0 bridgehead atoms. The predicted molar refractivity (Wildman–Crippen MR) is 128 cm³/mol. The molecule has 0 heterocycles. The average Bonchev–Trinajstić information content (AvgIpc) is 3.07. The SMILES string of the molecule is CC(CO)CCC(O)C(C)(O)C1CCC2(O)C3=CC(=O)C4(O)CC(O)C(O)CC4(C)C3CCC12C. The van der Waals surface area contributed by atoms with Crippen molar-refractivity contribution in [2.75, 3.05) is 6.61 Å². The van der Waals surface area contributed by atoms with Crippen LogP contribution in [0.5, 0.6) is 0 Å². The van der Waals surface area contributed by atoms with Gasteiger partial charge in [-0.15, -0.1) is 0 Å². The van der Waals surface area contributed by atoms with E-state index in [1.165, 1.54) is 6.08 Å². The van der Waals surface area contributed by atoms with E-state index < -0.39 is 57.6 Å². The lowest BCUT2D eigenvalue weighted by atomic mass is 9.44. The molecule has 11 atom stereocenters. The minimum atomic E-state index is -1.81. The normalized spacial score (nSPS) is 48.8. The summed E-state index contributed by atoms with van der Waals surface area (Å²) in [6.45, 7) is 7.21. The molecule has 0 amide bonds. The van der Waals surface area contributed by atoms with Crippen LogP contribution in [0.2, 0.25) is 0 Å². The number of ketones is 1. The average molecular weight is 497 g/mol. The van der Waals surface area contributed by atoms with E-state index in [0.29, 0.717) is 44.1 Å². The van der Waals surface area contributed by atoms with Gasteiger partial charge in [-0.05, 0) is 81.3 Å². The molecule has 4 aliphatic rings. The van der Waals surface area contributed by atoms with E-state index >= 15 is 0 Å². The van der Waals surface area contributed by atoms with Crippen LogP contribution in [0.1, 0.15) is 79.1 Å². The van der Waals surface area contributed by atoms with Crippen LogP contribution in [-0.4, -0.2) is 83.3 Å². The quantitative estimate of drug-likeness (QED) is 0.285. The topological polar surface area (TPSA) is 159 Å². The molecule has 0 spiro atoms. The van der Waals surface area contributed by atoms with Crippen LogP contribution in [0.15, 0.2) is 11.6 Å². The summed E-state index contributed by atoms with van der Waals surface area (Å²) in [5.74, 6) is -1.33. The van der Waals surface area contributed by atoms with Gasteiger partial charge in [0, 0.05) is 23.9 Å². The molecule has 3 fully saturated rings. The molecule has 200 valence electrons. The minimum Gasteiger partial charge on any atom is -0.396 e.